The van der Waals surface area contributed by atoms with Gasteiger partial charge in [0, 0.05) is 54.1 Å². The van der Waals surface area contributed by atoms with Crippen molar-refractivity contribution in [2.24, 2.45) is 12.8 Å². The van der Waals surface area contributed by atoms with Crippen LogP contribution in [0.5, 0.6) is 0 Å². The van der Waals surface area contributed by atoms with Crippen LogP contribution in [0.3, 0.4) is 0 Å². The highest BCUT2D eigenvalue weighted by molar-refractivity contribution is 5.88. The molecule has 0 amide bonds. The van der Waals surface area contributed by atoms with E-state index in [0.29, 0.717) is 17.6 Å². The molecule has 33 heavy (non-hydrogen) atoms. The van der Waals surface area contributed by atoms with E-state index in [2.05, 4.69) is 28.2 Å². The van der Waals surface area contributed by atoms with Crippen LogP contribution in [-0.2, 0) is 7.05 Å². The second kappa shape index (κ2) is 7.68. The van der Waals surface area contributed by atoms with Crippen molar-refractivity contribution >= 4 is 16.9 Å². The predicted molar refractivity (Wildman–Crippen MR) is 128 cm³/mol. The second-order valence-corrected chi connectivity index (χ2v) is 9.22. The first kappa shape index (κ1) is 19.9. The zero-order valence-electron chi connectivity index (χ0n) is 18.5. The Morgan fingerprint density at radius 2 is 1.76 bits per heavy atom. The van der Waals surface area contributed by atoms with E-state index < -0.39 is 0 Å². The van der Waals surface area contributed by atoms with Gasteiger partial charge in [-0.05, 0) is 55.5 Å². The maximum absolute atomic E-state index is 9.23. The van der Waals surface area contributed by atoms with Crippen LogP contribution in [0.4, 0.5) is 5.95 Å². The van der Waals surface area contributed by atoms with E-state index in [4.69, 9.17) is 15.7 Å². The molecule has 2 saturated heterocycles. The number of benzene rings is 2. The topological polar surface area (TPSA) is 96.6 Å². The number of nitrogens with two attached hydrogens (primary N) is 1. The minimum absolute atomic E-state index is 0.266. The van der Waals surface area contributed by atoms with Crippen LogP contribution in [0.25, 0.3) is 33.3 Å². The Morgan fingerprint density at radius 3 is 2.48 bits per heavy atom. The van der Waals surface area contributed by atoms with Gasteiger partial charge < -0.3 is 10.6 Å². The van der Waals surface area contributed by atoms with E-state index in [1.165, 1.54) is 0 Å². The largest absolute Gasteiger partial charge is 0.335 e. The standard InChI is InChI=1S/C26H25N7/c1-32-15-19-10-18(6-9-24(19)31-32)23-14-29-26(33-21-7-8-22(33)12-20(28)11-21)30-25(23)17-4-2-16(13-27)3-5-17/h2-6,9-10,14-15,20-22H,7-8,11-12,28H2,1H3. The number of nitrogens with zero attached hydrogens (tertiary/aromatic N) is 6. The van der Waals surface area contributed by atoms with Gasteiger partial charge in [-0.15, -0.1) is 0 Å². The van der Waals surface area contributed by atoms with E-state index in [-0.39, 0.29) is 6.04 Å². The highest BCUT2D eigenvalue weighted by Crippen LogP contribution is 2.39. The van der Waals surface area contributed by atoms with Gasteiger partial charge in [-0.2, -0.15) is 10.4 Å². The molecule has 0 radical (unpaired) electrons. The molecule has 2 fully saturated rings. The summed E-state index contributed by atoms with van der Waals surface area (Å²) in [5.74, 6) is 0.778. The lowest BCUT2D eigenvalue weighted by Gasteiger charge is -2.37. The van der Waals surface area contributed by atoms with Gasteiger partial charge in [-0.25, -0.2) is 9.97 Å². The molecule has 2 aliphatic rings. The quantitative estimate of drug-likeness (QED) is 0.522. The molecule has 2 aliphatic heterocycles. The molecule has 2 atom stereocenters. The van der Waals surface area contributed by atoms with Crippen LogP contribution < -0.4 is 10.6 Å². The lowest BCUT2D eigenvalue weighted by molar-refractivity contribution is 0.409. The van der Waals surface area contributed by atoms with Crippen molar-refractivity contribution < 1.29 is 0 Å². The lowest BCUT2D eigenvalue weighted by Crippen LogP contribution is -2.48. The van der Waals surface area contributed by atoms with Crippen molar-refractivity contribution in [2.45, 2.75) is 43.8 Å². The van der Waals surface area contributed by atoms with Gasteiger partial charge in [-0.1, -0.05) is 18.2 Å². The summed E-state index contributed by atoms with van der Waals surface area (Å²) in [6.45, 7) is 0. The molecule has 7 heteroatoms. The third kappa shape index (κ3) is 3.43. The molecule has 7 nitrogen and oxygen atoms in total. The number of hydrogen-bond donors (Lipinski definition) is 1. The smallest absolute Gasteiger partial charge is 0.226 e. The highest BCUT2D eigenvalue weighted by Gasteiger charge is 2.41. The van der Waals surface area contributed by atoms with Crippen molar-refractivity contribution in [1.82, 2.24) is 19.7 Å². The summed E-state index contributed by atoms with van der Waals surface area (Å²) < 4.78 is 1.83. The van der Waals surface area contributed by atoms with Crippen molar-refractivity contribution in [3.8, 4) is 28.5 Å². The Morgan fingerprint density at radius 1 is 1.03 bits per heavy atom. The van der Waals surface area contributed by atoms with E-state index in [0.717, 1.165) is 64.9 Å². The summed E-state index contributed by atoms with van der Waals surface area (Å²) in [6, 6.07) is 17.1. The monoisotopic (exact) mass is 435 g/mol. The highest BCUT2D eigenvalue weighted by atomic mass is 15.3. The van der Waals surface area contributed by atoms with Crippen molar-refractivity contribution in [1.29, 1.82) is 5.26 Å². The Balaban J connectivity index is 1.49. The summed E-state index contributed by atoms with van der Waals surface area (Å²) in [5.41, 5.74) is 11.7. The molecule has 0 aliphatic carbocycles. The number of aromatic nitrogens is 4. The predicted octanol–water partition coefficient (Wildman–Crippen LogP) is 4.03. The number of piperidine rings is 1. The van der Waals surface area contributed by atoms with Gasteiger partial charge in [-0.3, -0.25) is 4.68 Å². The first-order valence-corrected chi connectivity index (χ1v) is 11.4. The number of aryl methyl sites for hydroxylation is 1. The molecule has 2 N–H and O–H groups in total. The van der Waals surface area contributed by atoms with Gasteiger partial charge >= 0.3 is 0 Å². The van der Waals surface area contributed by atoms with Crippen LogP contribution in [0.2, 0.25) is 0 Å². The maximum atomic E-state index is 9.23. The number of nitriles is 1. The molecule has 2 aromatic heterocycles. The first-order valence-electron chi connectivity index (χ1n) is 11.4. The molecule has 2 aromatic carbocycles. The molecule has 4 heterocycles. The minimum atomic E-state index is 0.266. The summed E-state index contributed by atoms with van der Waals surface area (Å²) in [6.07, 6.45) is 8.24. The first-order chi connectivity index (χ1) is 16.1. The molecule has 4 aromatic rings. The van der Waals surface area contributed by atoms with Gasteiger partial charge in [0.15, 0.2) is 0 Å². The molecular weight excluding hydrogens is 410 g/mol. The molecule has 2 unspecified atom stereocenters. The maximum Gasteiger partial charge on any atom is 0.226 e. The van der Waals surface area contributed by atoms with Gasteiger partial charge in [0.05, 0.1) is 22.8 Å². The summed E-state index contributed by atoms with van der Waals surface area (Å²) >= 11 is 0. The third-order valence-corrected chi connectivity index (χ3v) is 6.99. The molecule has 6 rings (SSSR count). The average Bonchev–Trinajstić information content (AvgIpc) is 3.34. The molecule has 2 bridgehead atoms. The van der Waals surface area contributed by atoms with Crippen LogP contribution in [0, 0.1) is 11.3 Å². The molecular formula is C26H25N7. The zero-order chi connectivity index (χ0) is 22.5. The third-order valence-electron chi connectivity index (χ3n) is 6.99. The fourth-order valence-electron chi connectivity index (χ4n) is 5.49. The Labute approximate surface area is 192 Å². The van der Waals surface area contributed by atoms with Crippen LogP contribution in [-0.4, -0.2) is 37.9 Å². The summed E-state index contributed by atoms with van der Waals surface area (Å²) in [5, 5.41) is 14.8. The second-order valence-electron chi connectivity index (χ2n) is 9.22. The summed E-state index contributed by atoms with van der Waals surface area (Å²) in [4.78, 5) is 12.4. The van der Waals surface area contributed by atoms with Gasteiger partial charge in [0.25, 0.3) is 0 Å². The minimum Gasteiger partial charge on any atom is -0.335 e. The van der Waals surface area contributed by atoms with Gasteiger partial charge in [0.1, 0.15) is 0 Å². The van der Waals surface area contributed by atoms with Crippen molar-refractivity contribution in [3.05, 3.63) is 60.4 Å². The Hall–Kier alpha value is -3.76. The van der Waals surface area contributed by atoms with E-state index in [9.17, 15) is 5.26 Å². The van der Waals surface area contributed by atoms with Crippen LogP contribution in [0.15, 0.2) is 54.9 Å². The number of fused-ring (bicyclic) bond motifs is 3. The van der Waals surface area contributed by atoms with E-state index in [1.807, 2.05) is 54.5 Å². The fraction of sp³-hybridized carbons (Fsp3) is 0.308. The molecule has 164 valence electrons. The lowest BCUT2D eigenvalue weighted by atomic mass is 9.98. The van der Waals surface area contributed by atoms with Crippen LogP contribution >= 0.6 is 0 Å². The fourth-order valence-corrected chi connectivity index (χ4v) is 5.49. The SMILES string of the molecule is Cn1cc2cc(-c3cnc(N4C5CCC4CC(N)C5)nc3-c3ccc(C#N)cc3)ccc2n1. The Kier molecular flexibility index (Phi) is 4.63. The van der Waals surface area contributed by atoms with Crippen molar-refractivity contribution in [3.63, 3.8) is 0 Å². The number of rotatable bonds is 3. The van der Waals surface area contributed by atoms with E-state index >= 15 is 0 Å². The molecule has 0 saturated carbocycles. The number of anilines is 1. The summed E-state index contributed by atoms with van der Waals surface area (Å²) in [7, 11) is 1.93. The normalized spacial score (nSPS) is 22.0. The van der Waals surface area contributed by atoms with E-state index in [1.54, 1.807) is 0 Å². The molecule has 0 spiro atoms. The Bertz CT molecular complexity index is 1370. The zero-order valence-corrected chi connectivity index (χ0v) is 18.5. The average molecular weight is 436 g/mol. The van der Waals surface area contributed by atoms with Gasteiger partial charge in [0.2, 0.25) is 5.95 Å². The van der Waals surface area contributed by atoms with Crippen LogP contribution in [0.1, 0.15) is 31.2 Å². The number of hydrogen-bond acceptors (Lipinski definition) is 6. The van der Waals surface area contributed by atoms with Crippen molar-refractivity contribution in [2.75, 3.05) is 4.90 Å².